The van der Waals surface area contributed by atoms with Crippen molar-refractivity contribution in [3.05, 3.63) is 65.7 Å². The van der Waals surface area contributed by atoms with Crippen LogP contribution in [-0.4, -0.2) is 32.2 Å². The first-order valence-electron chi connectivity index (χ1n) is 7.73. The Kier molecular flexibility index (Phi) is 4.75. The Morgan fingerprint density at radius 2 is 1.40 bits per heavy atom. The normalized spacial score (nSPS) is 11.4. The molecule has 3 aromatic rings. The van der Waals surface area contributed by atoms with Crippen LogP contribution in [0.15, 0.2) is 59.8 Å². The summed E-state index contributed by atoms with van der Waals surface area (Å²) < 4.78 is 16.1. The van der Waals surface area contributed by atoms with Gasteiger partial charge in [-0.2, -0.15) is 0 Å². The Hall–Kier alpha value is -3.21. The molecule has 3 rings (SSSR count). The quantitative estimate of drug-likeness (QED) is 0.433. The van der Waals surface area contributed by atoms with E-state index in [0.29, 0.717) is 28.5 Å². The second-order valence-electron chi connectivity index (χ2n) is 5.42. The molecule has 0 atom stereocenters. The molecule has 0 amide bonds. The molecule has 0 fully saturated rings. The van der Waals surface area contributed by atoms with Gasteiger partial charge in [-0.05, 0) is 29.0 Å². The van der Waals surface area contributed by atoms with E-state index in [1.165, 1.54) is 0 Å². The van der Waals surface area contributed by atoms with E-state index in [1.54, 1.807) is 33.5 Å². The average molecular weight is 337 g/mol. The molecule has 0 saturated carbocycles. The van der Waals surface area contributed by atoms with Crippen LogP contribution < -0.4 is 14.2 Å². The maximum Gasteiger partial charge on any atom is 0.203 e. The van der Waals surface area contributed by atoms with Gasteiger partial charge in [-0.25, -0.2) is 0 Å². The molecule has 0 spiro atoms. The topological polar surface area (TPSA) is 60.3 Å². The lowest BCUT2D eigenvalue weighted by molar-refractivity contribution is 0.318. The van der Waals surface area contributed by atoms with E-state index in [9.17, 15) is 5.21 Å². The minimum absolute atomic E-state index is 0.421. The van der Waals surface area contributed by atoms with Gasteiger partial charge >= 0.3 is 0 Å². The van der Waals surface area contributed by atoms with Crippen LogP contribution in [0.3, 0.4) is 0 Å². The predicted octanol–water partition coefficient (Wildman–Crippen LogP) is 4.09. The highest BCUT2D eigenvalue weighted by Crippen LogP contribution is 2.38. The van der Waals surface area contributed by atoms with Gasteiger partial charge in [-0.1, -0.05) is 41.6 Å². The lowest BCUT2D eigenvalue weighted by Gasteiger charge is -2.15. The Balaban J connectivity index is 2.14. The van der Waals surface area contributed by atoms with E-state index in [0.717, 1.165) is 16.3 Å². The second-order valence-corrected chi connectivity index (χ2v) is 5.42. The number of benzene rings is 3. The second kappa shape index (κ2) is 7.13. The third kappa shape index (κ3) is 3.08. The zero-order valence-electron chi connectivity index (χ0n) is 14.3. The minimum Gasteiger partial charge on any atom is -0.493 e. The smallest absolute Gasteiger partial charge is 0.203 e. The van der Waals surface area contributed by atoms with E-state index in [2.05, 4.69) is 5.16 Å². The molecule has 128 valence electrons. The molecular weight excluding hydrogens is 318 g/mol. The van der Waals surface area contributed by atoms with Gasteiger partial charge in [0.1, 0.15) is 5.71 Å². The fourth-order valence-electron chi connectivity index (χ4n) is 2.84. The van der Waals surface area contributed by atoms with Crippen LogP contribution in [0.5, 0.6) is 17.2 Å². The lowest BCUT2D eigenvalue weighted by atomic mass is 9.98. The first-order valence-corrected chi connectivity index (χ1v) is 7.73. The monoisotopic (exact) mass is 337 g/mol. The van der Waals surface area contributed by atoms with Crippen molar-refractivity contribution in [2.45, 2.75) is 0 Å². The van der Waals surface area contributed by atoms with Crippen molar-refractivity contribution in [3.8, 4) is 17.2 Å². The summed E-state index contributed by atoms with van der Waals surface area (Å²) in [6.45, 7) is 0. The maximum absolute atomic E-state index is 9.63. The van der Waals surface area contributed by atoms with Crippen LogP contribution in [0.2, 0.25) is 0 Å². The third-order valence-electron chi connectivity index (χ3n) is 4.06. The van der Waals surface area contributed by atoms with Gasteiger partial charge in [0.2, 0.25) is 5.75 Å². The summed E-state index contributed by atoms with van der Waals surface area (Å²) >= 11 is 0. The first-order chi connectivity index (χ1) is 12.2. The summed E-state index contributed by atoms with van der Waals surface area (Å²) in [5.74, 6) is 1.49. The summed E-state index contributed by atoms with van der Waals surface area (Å²) in [7, 11) is 4.64. The van der Waals surface area contributed by atoms with E-state index in [1.807, 2.05) is 42.5 Å². The Bertz CT molecular complexity index is 909. The molecule has 0 aromatic heterocycles. The molecular formula is C20H19NO4. The van der Waals surface area contributed by atoms with Gasteiger partial charge in [0, 0.05) is 11.1 Å². The van der Waals surface area contributed by atoms with Crippen LogP contribution in [0.4, 0.5) is 0 Å². The number of rotatable bonds is 5. The summed E-state index contributed by atoms with van der Waals surface area (Å²) in [5.41, 5.74) is 1.87. The fourth-order valence-corrected chi connectivity index (χ4v) is 2.84. The number of nitrogens with zero attached hydrogens (tertiary/aromatic N) is 1. The Morgan fingerprint density at radius 1 is 0.760 bits per heavy atom. The van der Waals surface area contributed by atoms with E-state index in [4.69, 9.17) is 14.2 Å². The van der Waals surface area contributed by atoms with Gasteiger partial charge in [0.05, 0.1) is 21.3 Å². The van der Waals surface area contributed by atoms with Crippen molar-refractivity contribution in [1.82, 2.24) is 0 Å². The molecule has 0 unspecified atom stereocenters. The van der Waals surface area contributed by atoms with Crippen molar-refractivity contribution in [3.63, 3.8) is 0 Å². The number of methoxy groups -OCH3 is 3. The number of fused-ring (bicyclic) bond motifs is 1. The van der Waals surface area contributed by atoms with Crippen LogP contribution in [0.1, 0.15) is 11.1 Å². The van der Waals surface area contributed by atoms with E-state index in [-0.39, 0.29) is 0 Å². The summed E-state index contributed by atoms with van der Waals surface area (Å²) in [6, 6.07) is 17.4. The SMILES string of the molecule is COc1cc(/C(=N/O)c2ccc3ccccc3c2)cc(OC)c1OC. The summed E-state index contributed by atoms with van der Waals surface area (Å²) in [6.07, 6.45) is 0. The molecule has 1 N–H and O–H groups in total. The van der Waals surface area contributed by atoms with Crippen molar-refractivity contribution >= 4 is 16.5 Å². The zero-order valence-corrected chi connectivity index (χ0v) is 14.3. The van der Waals surface area contributed by atoms with Crippen LogP contribution in [0, 0.1) is 0 Å². The van der Waals surface area contributed by atoms with Gasteiger partial charge in [0.15, 0.2) is 11.5 Å². The first kappa shape index (κ1) is 16.6. The zero-order chi connectivity index (χ0) is 17.8. The van der Waals surface area contributed by atoms with Gasteiger partial charge in [-0.3, -0.25) is 0 Å². The Labute approximate surface area is 146 Å². The average Bonchev–Trinajstić information content (AvgIpc) is 2.67. The molecule has 0 heterocycles. The molecule has 0 aliphatic heterocycles. The highest BCUT2D eigenvalue weighted by Gasteiger charge is 2.17. The van der Waals surface area contributed by atoms with Crippen molar-refractivity contribution in [2.75, 3.05) is 21.3 Å². The summed E-state index contributed by atoms with van der Waals surface area (Å²) in [4.78, 5) is 0. The highest BCUT2D eigenvalue weighted by atomic mass is 16.5. The van der Waals surface area contributed by atoms with Crippen molar-refractivity contribution in [1.29, 1.82) is 0 Å². The molecule has 0 saturated heterocycles. The predicted molar refractivity (Wildman–Crippen MR) is 97.5 cm³/mol. The number of oxime groups is 1. The molecule has 0 bridgehead atoms. The molecule has 25 heavy (non-hydrogen) atoms. The van der Waals surface area contributed by atoms with Gasteiger partial charge < -0.3 is 19.4 Å². The highest BCUT2D eigenvalue weighted by molar-refractivity contribution is 6.14. The van der Waals surface area contributed by atoms with Gasteiger partial charge in [0.25, 0.3) is 0 Å². The lowest BCUT2D eigenvalue weighted by Crippen LogP contribution is -2.05. The van der Waals surface area contributed by atoms with Crippen LogP contribution in [0.25, 0.3) is 10.8 Å². The van der Waals surface area contributed by atoms with Crippen molar-refractivity contribution < 1.29 is 19.4 Å². The van der Waals surface area contributed by atoms with Crippen molar-refractivity contribution in [2.24, 2.45) is 5.16 Å². The van der Waals surface area contributed by atoms with Crippen LogP contribution >= 0.6 is 0 Å². The fraction of sp³-hybridized carbons (Fsp3) is 0.150. The molecule has 0 radical (unpaired) electrons. The number of hydrogen-bond donors (Lipinski definition) is 1. The van der Waals surface area contributed by atoms with Crippen LogP contribution in [-0.2, 0) is 0 Å². The number of ether oxygens (including phenoxy) is 3. The van der Waals surface area contributed by atoms with Gasteiger partial charge in [-0.15, -0.1) is 0 Å². The standard InChI is InChI=1S/C20H19NO4/c1-23-17-11-16(12-18(24-2)20(17)25-3)19(21-22)15-9-8-13-6-4-5-7-14(13)10-15/h4-12,22H,1-3H3/b21-19+. The number of hydrogen-bond acceptors (Lipinski definition) is 5. The molecule has 5 heteroatoms. The molecule has 5 nitrogen and oxygen atoms in total. The molecule has 0 aliphatic carbocycles. The third-order valence-corrected chi connectivity index (χ3v) is 4.06. The van der Waals surface area contributed by atoms with E-state index >= 15 is 0 Å². The largest absolute Gasteiger partial charge is 0.493 e. The molecule has 3 aromatic carbocycles. The molecule has 0 aliphatic rings. The maximum atomic E-state index is 9.63. The minimum atomic E-state index is 0.421. The van der Waals surface area contributed by atoms with E-state index < -0.39 is 0 Å². The summed E-state index contributed by atoms with van der Waals surface area (Å²) in [5, 5.41) is 15.3. The Morgan fingerprint density at radius 3 is 1.96 bits per heavy atom.